The van der Waals surface area contributed by atoms with E-state index in [9.17, 15) is 18.0 Å². The van der Waals surface area contributed by atoms with Crippen LogP contribution in [0.25, 0.3) is 0 Å². The molecule has 0 aliphatic carbocycles. The number of nitrogens with zero attached hydrogens (tertiary/aromatic N) is 3. The third kappa shape index (κ3) is 8.95. The molecule has 1 unspecified atom stereocenters. The highest BCUT2D eigenvalue weighted by molar-refractivity contribution is 5.47. The lowest BCUT2D eigenvalue weighted by Crippen LogP contribution is -2.33. The molecule has 1 saturated heterocycles. The van der Waals surface area contributed by atoms with Gasteiger partial charge in [-0.3, -0.25) is 4.79 Å². The number of aliphatic hydroxyl groups is 1. The largest absolute Gasteiger partial charge is 0.423 e. The number of aryl methyl sites for hydroxylation is 1. The van der Waals surface area contributed by atoms with E-state index in [1.165, 1.54) is 4.90 Å². The van der Waals surface area contributed by atoms with Crippen molar-refractivity contribution in [2.24, 2.45) is 0 Å². The molecule has 2 heterocycles. The number of hydrogen-bond donors (Lipinski definition) is 4. The molecule has 1 amide bonds. The Kier molecular flexibility index (Phi) is 12.4. The van der Waals surface area contributed by atoms with Gasteiger partial charge in [0, 0.05) is 24.7 Å². The van der Waals surface area contributed by atoms with Crippen LogP contribution in [-0.4, -0.2) is 59.3 Å². The predicted octanol–water partition coefficient (Wildman–Crippen LogP) is 3.11. The van der Waals surface area contributed by atoms with Gasteiger partial charge in [0.25, 0.3) is 5.89 Å². The van der Waals surface area contributed by atoms with Crippen molar-refractivity contribution < 1.29 is 27.6 Å². The first-order valence-corrected chi connectivity index (χ1v) is 9.01. The third-order valence-electron chi connectivity index (χ3n) is 4.16. The Hall–Kier alpha value is -3.28. The van der Waals surface area contributed by atoms with E-state index in [2.05, 4.69) is 28.1 Å². The van der Waals surface area contributed by atoms with Crippen LogP contribution in [0.1, 0.15) is 42.1 Å². The Morgan fingerprint density at radius 2 is 1.94 bits per heavy atom. The number of halogens is 3. The molecular formula is C19H27F3N6O3. The smallest absolute Gasteiger partial charge is 0.399 e. The molecule has 1 aromatic heterocycles. The summed E-state index contributed by atoms with van der Waals surface area (Å²) >= 11 is 0. The lowest BCUT2D eigenvalue weighted by atomic mass is 9.98. The Labute approximate surface area is 178 Å². The van der Waals surface area contributed by atoms with Gasteiger partial charge in [0.05, 0.1) is 0 Å². The maximum atomic E-state index is 12.3. The highest BCUT2D eigenvalue weighted by Gasteiger charge is 2.43. The Morgan fingerprint density at radius 1 is 1.32 bits per heavy atom. The summed E-state index contributed by atoms with van der Waals surface area (Å²) in [4.78, 5) is 15.7. The minimum absolute atomic E-state index is 0.0878. The number of amides is 1. The summed E-state index contributed by atoms with van der Waals surface area (Å²) in [5, 5.41) is 23.4. The van der Waals surface area contributed by atoms with Crippen molar-refractivity contribution in [3.05, 3.63) is 41.5 Å². The van der Waals surface area contributed by atoms with Crippen molar-refractivity contribution in [3.63, 3.8) is 0 Å². The van der Waals surface area contributed by atoms with E-state index in [1.54, 1.807) is 0 Å². The van der Waals surface area contributed by atoms with Crippen LogP contribution in [0.15, 0.2) is 28.8 Å². The molecule has 0 spiro atoms. The van der Waals surface area contributed by atoms with Crippen LogP contribution in [-0.2, 0) is 4.79 Å². The van der Waals surface area contributed by atoms with E-state index in [1.807, 2.05) is 31.2 Å². The number of para-hydroxylation sites is 1. The van der Waals surface area contributed by atoms with E-state index in [0.717, 1.165) is 17.7 Å². The van der Waals surface area contributed by atoms with Gasteiger partial charge >= 0.3 is 6.18 Å². The normalized spacial score (nSPS) is 16.3. The number of anilines is 1. The Bertz CT molecular complexity index is 764. The van der Waals surface area contributed by atoms with Crippen molar-refractivity contribution in [1.29, 1.82) is 10.8 Å². The van der Waals surface area contributed by atoms with Gasteiger partial charge in [0.1, 0.15) is 0 Å². The van der Waals surface area contributed by atoms with E-state index in [4.69, 9.17) is 21.7 Å². The van der Waals surface area contributed by atoms with Crippen molar-refractivity contribution in [3.8, 4) is 0 Å². The fourth-order valence-electron chi connectivity index (χ4n) is 2.56. The molecule has 0 saturated carbocycles. The number of aromatic nitrogens is 2. The molecule has 0 bridgehead atoms. The van der Waals surface area contributed by atoms with Crippen LogP contribution in [0.2, 0.25) is 0 Å². The minimum Gasteiger partial charge on any atom is -0.399 e. The van der Waals surface area contributed by atoms with Gasteiger partial charge in [-0.05, 0) is 44.8 Å². The van der Waals surface area contributed by atoms with Gasteiger partial charge in [-0.2, -0.15) is 18.2 Å². The molecule has 1 fully saturated rings. The number of likely N-dealkylation sites (tertiary alicyclic amines) is 1. The minimum atomic E-state index is -4.84. The zero-order valence-electron chi connectivity index (χ0n) is 17.1. The highest BCUT2D eigenvalue weighted by Crippen LogP contribution is 2.32. The number of benzene rings is 1. The van der Waals surface area contributed by atoms with Gasteiger partial charge in [-0.1, -0.05) is 23.4 Å². The molecule has 172 valence electrons. The number of alkyl halides is 3. The molecule has 12 heteroatoms. The van der Waals surface area contributed by atoms with Gasteiger partial charge < -0.3 is 31.1 Å². The number of nitrogen functional groups attached to an aromatic ring is 1. The molecule has 9 nitrogen and oxygen atoms in total. The highest BCUT2D eigenvalue weighted by atomic mass is 19.4. The Morgan fingerprint density at radius 3 is 2.42 bits per heavy atom. The van der Waals surface area contributed by atoms with Crippen LogP contribution in [0.4, 0.5) is 18.9 Å². The molecule has 1 aromatic carbocycles. The monoisotopic (exact) mass is 444 g/mol. The van der Waals surface area contributed by atoms with Gasteiger partial charge in [-0.15, -0.1) is 0 Å². The van der Waals surface area contributed by atoms with Crippen LogP contribution < -0.4 is 5.73 Å². The Balaban J connectivity index is 0.000000625. The first-order chi connectivity index (χ1) is 14.7. The number of rotatable bonds is 3. The van der Waals surface area contributed by atoms with Crippen LogP contribution >= 0.6 is 0 Å². The molecule has 0 radical (unpaired) electrons. The van der Waals surface area contributed by atoms with E-state index in [0.29, 0.717) is 25.9 Å². The lowest BCUT2D eigenvalue weighted by molar-refractivity contribution is -0.213. The van der Waals surface area contributed by atoms with Crippen LogP contribution in [0.5, 0.6) is 0 Å². The van der Waals surface area contributed by atoms with Gasteiger partial charge in [0.2, 0.25) is 12.5 Å². The number of nitrogens with one attached hydrogen (secondary N) is 2. The zero-order chi connectivity index (χ0) is 24.0. The number of carbonyl (C=O) groups excluding carboxylic acids is 1. The molecule has 31 heavy (non-hydrogen) atoms. The fourth-order valence-corrected chi connectivity index (χ4v) is 2.56. The second-order valence-electron chi connectivity index (χ2n) is 6.23. The SMILES string of the molecule is C=N.C=N.Cc1ccccc1N.O=CN1CCC[C@@H](c2noc(C(O)C(F)(F)F)n2)C1. The molecule has 5 N–H and O–H groups in total. The quantitative estimate of drug-likeness (QED) is 0.324. The molecule has 2 atom stereocenters. The average Bonchev–Trinajstić information content (AvgIpc) is 3.28. The van der Waals surface area contributed by atoms with Crippen LogP contribution in [0.3, 0.4) is 0 Å². The molecule has 1 aliphatic heterocycles. The average molecular weight is 444 g/mol. The molecule has 3 rings (SSSR count). The summed E-state index contributed by atoms with van der Waals surface area (Å²) < 4.78 is 41.2. The third-order valence-corrected chi connectivity index (χ3v) is 4.16. The molecule has 1 aliphatic rings. The second kappa shape index (κ2) is 13.9. The summed E-state index contributed by atoms with van der Waals surface area (Å²) in [6.45, 7) is 7.94. The topological polar surface area (TPSA) is 153 Å². The summed E-state index contributed by atoms with van der Waals surface area (Å²) in [6.07, 6.45) is -5.57. The van der Waals surface area contributed by atoms with E-state index < -0.39 is 18.2 Å². The summed E-state index contributed by atoms with van der Waals surface area (Å²) in [6, 6.07) is 7.80. The van der Waals surface area contributed by atoms with Crippen molar-refractivity contribution in [2.75, 3.05) is 18.8 Å². The first-order valence-electron chi connectivity index (χ1n) is 9.01. The lowest BCUT2D eigenvalue weighted by Gasteiger charge is -2.27. The molecule has 2 aromatic rings. The van der Waals surface area contributed by atoms with Crippen molar-refractivity contribution in [1.82, 2.24) is 15.0 Å². The maximum Gasteiger partial charge on any atom is 0.423 e. The number of aliphatic hydroxyl groups excluding tert-OH is 1. The van der Waals surface area contributed by atoms with Crippen molar-refractivity contribution in [2.45, 2.75) is 38.0 Å². The molecular weight excluding hydrogens is 417 g/mol. The number of nitrogens with two attached hydrogens (primary N) is 1. The summed E-state index contributed by atoms with van der Waals surface area (Å²) in [5.41, 5.74) is 7.53. The first kappa shape index (κ1) is 27.7. The zero-order valence-corrected chi connectivity index (χ0v) is 17.1. The van der Waals surface area contributed by atoms with E-state index in [-0.39, 0.29) is 11.7 Å². The van der Waals surface area contributed by atoms with E-state index >= 15 is 0 Å². The second-order valence-corrected chi connectivity index (χ2v) is 6.23. The number of carbonyl (C=O) groups is 1. The van der Waals surface area contributed by atoms with Crippen LogP contribution in [0, 0.1) is 17.7 Å². The van der Waals surface area contributed by atoms with Gasteiger partial charge in [-0.25, -0.2) is 0 Å². The number of hydrogen-bond acceptors (Lipinski definition) is 8. The fraction of sp³-hybridized carbons (Fsp3) is 0.421. The van der Waals surface area contributed by atoms with Gasteiger partial charge in [0.15, 0.2) is 5.82 Å². The standard InChI is InChI=1S/C10H12F3N3O3.C7H9N.2CH3N/c11-10(12,13)7(18)9-14-8(15-19-9)6-2-1-3-16(4-6)5-17;1-6-4-2-3-5-7(6)8;2*1-2/h5-7,18H,1-4H2;2-5H,8H2,1H3;2*2H,1H2/t6-,7?;;;/m1.../s1. The predicted molar refractivity (Wildman–Crippen MR) is 110 cm³/mol. The summed E-state index contributed by atoms with van der Waals surface area (Å²) in [5.74, 6) is -1.05. The maximum absolute atomic E-state index is 12.3. The number of piperidine rings is 1. The summed E-state index contributed by atoms with van der Waals surface area (Å²) in [7, 11) is 0. The van der Waals surface area contributed by atoms with Crippen molar-refractivity contribution >= 4 is 25.5 Å².